The standard InChI is InChI=1S/C23H44O13/c1-7-14(24)18(26)19(27)17(25)11(3)10-35-15(8-2)16(36-23(32)20(28)29)9-13(22(31)34-6)12(4)21(30)33-5/h11-20,23-29,32H,7-10H2,1-6H3. The number of esters is 2. The minimum atomic E-state index is -2.26. The summed E-state index contributed by atoms with van der Waals surface area (Å²) < 4.78 is 20.7. The van der Waals surface area contributed by atoms with Crippen LogP contribution in [0.15, 0.2) is 0 Å². The van der Waals surface area contributed by atoms with E-state index in [2.05, 4.69) is 0 Å². The number of aliphatic hydroxyl groups is 7. The summed E-state index contributed by atoms with van der Waals surface area (Å²) in [5.41, 5.74) is 0. The predicted octanol–water partition coefficient (Wildman–Crippen LogP) is -1.73. The SMILES string of the molecule is CCC(O)C(O)C(O)C(O)C(C)COC(CC)C(CC(C(=O)OC)C(C)C(=O)OC)OC(O)C(O)O. The van der Waals surface area contributed by atoms with Crippen LogP contribution < -0.4 is 0 Å². The highest BCUT2D eigenvalue weighted by Gasteiger charge is 2.39. The maximum atomic E-state index is 12.4. The van der Waals surface area contributed by atoms with Crippen LogP contribution in [0.1, 0.15) is 47.0 Å². The van der Waals surface area contributed by atoms with Gasteiger partial charge in [-0.25, -0.2) is 0 Å². The van der Waals surface area contributed by atoms with Gasteiger partial charge in [-0.15, -0.1) is 0 Å². The molecule has 0 heterocycles. The van der Waals surface area contributed by atoms with Crippen molar-refractivity contribution in [1.29, 1.82) is 0 Å². The summed E-state index contributed by atoms with van der Waals surface area (Å²) in [6.45, 7) is 6.09. The molecule has 10 unspecified atom stereocenters. The molecular formula is C23H44O13. The Morgan fingerprint density at radius 3 is 1.75 bits per heavy atom. The van der Waals surface area contributed by atoms with Crippen LogP contribution in [0, 0.1) is 17.8 Å². The van der Waals surface area contributed by atoms with Crippen molar-refractivity contribution in [3.05, 3.63) is 0 Å². The molecule has 0 fully saturated rings. The van der Waals surface area contributed by atoms with Crippen LogP contribution in [0.2, 0.25) is 0 Å². The second-order valence-corrected chi connectivity index (χ2v) is 8.86. The van der Waals surface area contributed by atoms with Crippen molar-refractivity contribution in [1.82, 2.24) is 0 Å². The quantitative estimate of drug-likeness (QED) is 0.0779. The highest BCUT2D eigenvalue weighted by molar-refractivity contribution is 5.81. The molecule has 0 amide bonds. The zero-order valence-corrected chi connectivity index (χ0v) is 21.8. The monoisotopic (exact) mass is 528 g/mol. The molecule has 0 saturated heterocycles. The van der Waals surface area contributed by atoms with Gasteiger partial charge < -0.3 is 54.7 Å². The van der Waals surface area contributed by atoms with Gasteiger partial charge >= 0.3 is 11.9 Å². The van der Waals surface area contributed by atoms with Gasteiger partial charge in [-0.05, 0) is 19.3 Å². The number of carbonyl (C=O) groups is 2. The van der Waals surface area contributed by atoms with Crippen molar-refractivity contribution in [3.8, 4) is 0 Å². The molecule has 0 aromatic rings. The zero-order chi connectivity index (χ0) is 28.2. The number of hydrogen-bond acceptors (Lipinski definition) is 13. The Balaban J connectivity index is 5.70. The fourth-order valence-electron chi connectivity index (χ4n) is 3.67. The highest BCUT2D eigenvalue weighted by atomic mass is 16.7. The minimum Gasteiger partial charge on any atom is -0.469 e. The topological polar surface area (TPSA) is 213 Å². The fraction of sp³-hybridized carbons (Fsp3) is 0.913. The van der Waals surface area contributed by atoms with Gasteiger partial charge in [-0.3, -0.25) is 9.59 Å². The van der Waals surface area contributed by atoms with Crippen molar-refractivity contribution >= 4 is 11.9 Å². The summed E-state index contributed by atoms with van der Waals surface area (Å²) in [7, 11) is 2.29. The summed E-state index contributed by atoms with van der Waals surface area (Å²) in [6, 6.07) is 0. The lowest BCUT2D eigenvalue weighted by atomic mass is 9.86. The lowest BCUT2D eigenvalue weighted by molar-refractivity contribution is -0.265. The molecule has 0 aromatic heterocycles. The molecule has 0 aliphatic carbocycles. The van der Waals surface area contributed by atoms with Crippen molar-refractivity contribution in [3.63, 3.8) is 0 Å². The molecule has 7 N–H and O–H groups in total. The van der Waals surface area contributed by atoms with E-state index in [4.69, 9.17) is 18.9 Å². The van der Waals surface area contributed by atoms with E-state index >= 15 is 0 Å². The Bertz CT molecular complexity index is 631. The van der Waals surface area contributed by atoms with Crippen molar-refractivity contribution in [2.75, 3.05) is 20.8 Å². The lowest BCUT2D eigenvalue weighted by Crippen LogP contribution is -2.48. The third kappa shape index (κ3) is 10.5. The maximum Gasteiger partial charge on any atom is 0.309 e. The van der Waals surface area contributed by atoms with Crippen molar-refractivity contribution in [2.45, 2.75) is 96.2 Å². The summed E-state index contributed by atoms with van der Waals surface area (Å²) in [5.74, 6) is -4.26. The van der Waals surface area contributed by atoms with Gasteiger partial charge in [0.05, 0.1) is 57.1 Å². The predicted molar refractivity (Wildman–Crippen MR) is 124 cm³/mol. The van der Waals surface area contributed by atoms with Gasteiger partial charge in [-0.2, -0.15) is 0 Å². The van der Waals surface area contributed by atoms with Gasteiger partial charge in [0.2, 0.25) is 12.6 Å². The van der Waals surface area contributed by atoms with Crippen molar-refractivity contribution < 1.29 is 64.3 Å². The van der Waals surface area contributed by atoms with Gasteiger partial charge in [0, 0.05) is 5.92 Å². The number of methoxy groups -OCH3 is 2. The average Bonchev–Trinajstić information content (AvgIpc) is 2.87. The van der Waals surface area contributed by atoms with Gasteiger partial charge in [0.15, 0.2) is 0 Å². The van der Waals surface area contributed by atoms with Crippen LogP contribution in [0.5, 0.6) is 0 Å². The van der Waals surface area contributed by atoms with Crippen LogP contribution >= 0.6 is 0 Å². The van der Waals surface area contributed by atoms with Gasteiger partial charge in [-0.1, -0.05) is 27.7 Å². The maximum absolute atomic E-state index is 12.4. The number of hydrogen-bond donors (Lipinski definition) is 7. The van der Waals surface area contributed by atoms with E-state index in [1.807, 2.05) is 0 Å². The Morgan fingerprint density at radius 1 is 0.750 bits per heavy atom. The van der Waals surface area contributed by atoms with Crippen LogP contribution in [0.3, 0.4) is 0 Å². The molecule has 36 heavy (non-hydrogen) atoms. The summed E-state index contributed by atoms with van der Waals surface area (Å²) in [4.78, 5) is 24.5. The average molecular weight is 529 g/mol. The minimum absolute atomic E-state index is 0.164. The molecule has 214 valence electrons. The Labute approximate surface area is 211 Å². The molecule has 10 atom stereocenters. The summed E-state index contributed by atoms with van der Waals surface area (Å²) in [5, 5.41) is 68.8. The van der Waals surface area contributed by atoms with Crippen LogP contribution in [-0.4, -0.2) is 118 Å². The third-order valence-electron chi connectivity index (χ3n) is 6.22. The lowest BCUT2D eigenvalue weighted by Gasteiger charge is -2.34. The van der Waals surface area contributed by atoms with Crippen molar-refractivity contribution in [2.24, 2.45) is 17.8 Å². The first kappa shape index (κ1) is 34.6. The normalized spacial score (nSPS) is 20.4. The summed E-state index contributed by atoms with van der Waals surface area (Å²) >= 11 is 0. The molecular weight excluding hydrogens is 484 g/mol. The van der Waals surface area contributed by atoms with Crippen LogP contribution in [0.25, 0.3) is 0 Å². The number of ether oxygens (including phenoxy) is 4. The Hall–Kier alpha value is -1.42. The number of carbonyl (C=O) groups excluding carboxylic acids is 2. The summed E-state index contributed by atoms with van der Waals surface area (Å²) in [6.07, 6.45) is -12.1. The van der Waals surface area contributed by atoms with E-state index in [-0.39, 0.29) is 25.9 Å². The fourth-order valence-corrected chi connectivity index (χ4v) is 3.67. The molecule has 0 saturated carbocycles. The molecule has 13 heteroatoms. The first-order chi connectivity index (χ1) is 16.8. The van der Waals surface area contributed by atoms with Crippen LogP contribution in [-0.2, 0) is 28.5 Å². The van der Waals surface area contributed by atoms with E-state index in [0.717, 1.165) is 14.2 Å². The number of rotatable bonds is 18. The Morgan fingerprint density at radius 2 is 1.31 bits per heavy atom. The van der Waals surface area contributed by atoms with E-state index in [1.165, 1.54) is 13.8 Å². The number of aliphatic hydroxyl groups excluding tert-OH is 6. The molecule has 0 radical (unpaired) electrons. The third-order valence-corrected chi connectivity index (χ3v) is 6.22. The second-order valence-electron chi connectivity index (χ2n) is 8.86. The second kappa shape index (κ2) is 17.2. The van der Waals surface area contributed by atoms with Crippen LogP contribution in [0.4, 0.5) is 0 Å². The molecule has 0 rings (SSSR count). The molecule has 13 nitrogen and oxygen atoms in total. The van der Waals surface area contributed by atoms with E-state index in [9.17, 15) is 45.3 Å². The first-order valence-electron chi connectivity index (χ1n) is 12.0. The molecule has 0 bridgehead atoms. The highest BCUT2D eigenvalue weighted by Crippen LogP contribution is 2.27. The Kier molecular flexibility index (Phi) is 16.5. The van der Waals surface area contributed by atoms with E-state index in [1.54, 1.807) is 13.8 Å². The van der Waals surface area contributed by atoms with E-state index in [0.29, 0.717) is 0 Å². The van der Waals surface area contributed by atoms with E-state index < -0.39 is 78.9 Å². The molecule has 0 spiro atoms. The zero-order valence-electron chi connectivity index (χ0n) is 21.8. The molecule has 0 aliphatic rings. The largest absolute Gasteiger partial charge is 0.469 e. The first-order valence-corrected chi connectivity index (χ1v) is 12.0. The molecule has 0 aliphatic heterocycles. The molecule has 0 aromatic carbocycles. The smallest absolute Gasteiger partial charge is 0.309 e. The van der Waals surface area contributed by atoms with Gasteiger partial charge in [0.25, 0.3) is 0 Å². The van der Waals surface area contributed by atoms with Gasteiger partial charge in [0.1, 0.15) is 12.2 Å².